The lowest BCUT2D eigenvalue weighted by atomic mass is 10.1. The molecule has 0 bridgehead atoms. The third-order valence-corrected chi connectivity index (χ3v) is 4.20. The van der Waals surface area contributed by atoms with Gasteiger partial charge in [0.25, 0.3) is 11.5 Å². The number of carbonyl (C=O) groups excluding carboxylic acids is 1. The van der Waals surface area contributed by atoms with Crippen molar-refractivity contribution in [2.75, 3.05) is 13.1 Å². The zero-order valence-corrected chi connectivity index (χ0v) is 13.0. The first kappa shape index (κ1) is 15.4. The van der Waals surface area contributed by atoms with Gasteiger partial charge in [0, 0.05) is 27.2 Å². The van der Waals surface area contributed by atoms with E-state index >= 15 is 0 Å². The van der Waals surface area contributed by atoms with Gasteiger partial charge in [-0.2, -0.15) is 0 Å². The van der Waals surface area contributed by atoms with Crippen LogP contribution in [0.5, 0.6) is 0 Å². The van der Waals surface area contributed by atoms with Crippen LogP contribution in [0.2, 0.25) is 0 Å². The molecule has 0 saturated carbocycles. The van der Waals surface area contributed by atoms with E-state index < -0.39 is 17.4 Å². The number of β-amino-alcohol motifs (C(OH)–C–C–N with tert-alkyl or cyclic N) is 1. The fraction of sp³-hybridized carbons (Fsp3) is 0.467. The van der Waals surface area contributed by atoms with Gasteiger partial charge >= 0.3 is 5.69 Å². The van der Waals surface area contributed by atoms with Gasteiger partial charge in [-0.15, -0.1) is 0 Å². The molecule has 2 aromatic heterocycles. The number of carbonyl (C=O) groups is 1. The quantitative estimate of drug-likeness (QED) is 0.744. The SMILES string of the molecule is Cn1c(=O)c2ccc(C(=O)N3CCC[C@@H](O)C3)nc2n(C)c1=O. The number of fused-ring (bicyclic) bond motifs is 1. The first-order valence-corrected chi connectivity index (χ1v) is 7.44. The van der Waals surface area contributed by atoms with Crippen LogP contribution in [0.4, 0.5) is 0 Å². The molecule has 1 atom stereocenters. The van der Waals surface area contributed by atoms with E-state index in [0.717, 1.165) is 11.0 Å². The molecule has 1 N–H and O–H groups in total. The van der Waals surface area contributed by atoms with Gasteiger partial charge < -0.3 is 10.0 Å². The molecule has 1 aliphatic heterocycles. The van der Waals surface area contributed by atoms with Crippen LogP contribution in [-0.2, 0) is 14.1 Å². The molecule has 3 heterocycles. The number of hydrogen-bond acceptors (Lipinski definition) is 5. The Balaban J connectivity index is 2.08. The largest absolute Gasteiger partial charge is 0.391 e. The van der Waals surface area contributed by atoms with Crippen LogP contribution in [0.1, 0.15) is 23.3 Å². The van der Waals surface area contributed by atoms with Crippen LogP contribution in [0, 0.1) is 0 Å². The van der Waals surface area contributed by atoms with Gasteiger partial charge in [0.05, 0.1) is 11.5 Å². The lowest BCUT2D eigenvalue weighted by Gasteiger charge is -2.29. The molecule has 1 amide bonds. The van der Waals surface area contributed by atoms with E-state index in [9.17, 15) is 19.5 Å². The van der Waals surface area contributed by atoms with Gasteiger partial charge in [0.1, 0.15) is 11.3 Å². The number of aliphatic hydroxyl groups excluding tert-OH is 1. The van der Waals surface area contributed by atoms with E-state index in [1.54, 1.807) is 4.90 Å². The van der Waals surface area contributed by atoms with Gasteiger partial charge in [0.15, 0.2) is 0 Å². The molecule has 1 fully saturated rings. The molecule has 0 aliphatic carbocycles. The number of hydrogen-bond donors (Lipinski definition) is 1. The Kier molecular flexibility index (Phi) is 3.77. The summed E-state index contributed by atoms with van der Waals surface area (Å²) in [5.74, 6) is -0.307. The summed E-state index contributed by atoms with van der Waals surface area (Å²) in [6.07, 6.45) is 0.892. The van der Waals surface area contributed by atoms with Crippen LogP contribution < -0.4 is 11.2 Å². The fourth-order valence-corrected chi connectivity index (χ4v) is 2.87. The summed E-state index contributed by atoms with van der Waals surface area (Å²) < 4.78 is 2.26. The van der Waals surface area contributed by atoms with Crippen molar-refractivity contribution in [2.24, 2.45) is 14.1 Å². The highest BCUT2D eigenvalue weighted by molar-refractivity contribution is 5.94. The molecule has 8 heteroatoms. The number of aromatic nitrogens is 3. The minimum absolute atomic E-state index is 0.162. The van der Waals surface area contributed by atoms with Crippen molar-refractivity contribution in [3.8, 4) is 0 Å². The van der Waals surface area contributed by atoms with Crippen molar-refractivity contribution in [3.05, 3.63) is 38.7 Å². The molecule has 122 valence electrons. The van der Waals surface area contributed by atoms with Crippen molar-refractivity contribution < 1.29 is 9.90 Å². The highest BCUT2D eigenvalue weighted by atomic mass is 16.3. The molecule has 0 unspecified atom stereocenters. The Hall–Kier alpha value is -2.48. The number of piperidine rings is 1. The summed E-state index contributed by atoms with van der Waals surface area (Å²) in [4.78, 5) is 42.4. The van der Waals surface area contributed by atoms with E-state index in [1.165, 1.54) is 30.8 Å². The molecule has 0 aromatic carbocycles. The summed E-state index contributed by atoms with van der Waals surface area (Å²) >= 11 is 0. The lowest BCUT2D eigenvalue weighted by molar-refractivity contribution is 0.0469. The molecule has 8 nitrogen and oxygen atoms in total. The Morgan fingerprint density at radius 3 is 2.70 bits per heavy atom. The molecule has 1 saturated heterocycles. The van der Waals surface area contributed by atoms with Gasteiger partial charge in [-0.05, 0) is 25.0 Å². The lowest BCUT2D eigenvalue weighted by Crippen LogP contribution is -2.42. The van der Waals surface area contributed by atoms with Crippen LogP contribution in [0.15, 0.2) is 21.7 Å². The van der Waals surface area contributed by atoms with Gasteiger partial charge in [-0.25, -0.2) is 9.78 Å². The van der Waals surface area contributed by atoms with E-state index in [2.05, 4.69) is 4.98 Å². The van der Waals surface area contributed by atoms with Crippen LogP contribution in [-0.4, -0.2) is 49.2 Å². The standard InChI is InChI=1S/C15H18N4O4/c1-17-12-10(13(21)18(2)15(17)23)5-6-11(16-12)14(22)19-7-3-4-9(20)8-19/h5-6,9,20H,3-4,7-8H2,1-2H3/t9-/m1/s1. The Labute approximate surface area is 131 Å². The third kappa shape index (κ3) is 2.55. The predicted molar refractivity (Wildman–Crippen MR) is 83.4 cm³/mol. The predicted octanol–water partition coefficient (Wildman–Crippen LogP) is -0.771. The normalized spacial score (nSPS) is 18.4. The van der Waals surface area contributed by atoms with Gasteiger partial charge in [-0.3, -0.25) is 18.7 Å². The third-order valence-electron chi connectivity index (χ3n) is 4.20. The van der Waals surface area contributed by atoms with Crippen molar-refractivity contribution in [3.63, 3.8) is 0 Å². The Bertz CT molecular complexity index is 899. The van der Waals surface area contributed by atoms with E-state index in [4.69, 9.17) is 0 Å². The fourth-order valence-electron chi connectivity index (χ4n) is 2.87. The number of amides is 1. The molecule has 0 spiro atoms. The van der Waals surface area contributed by atoms with Gasteiger partial charge in [0.2, 0.25) is 0 Å². The zero-order valence-electron chi connectivity index (χ0n) is 13.0. The highest BCUT2D eigenvalue weighted by Gasteiger charge is 2.24. The molecule has 0 radical (unpaired) electrons. The highest BCUT2D eigenvalue weighted by Crippen LogP contribution is 2.14. The molecule has 23 heavy (non-hydrogen) atoms. The van der Waals surface area contributed by atoms with Crippen LogP contribution in [0.25, 0.3) is 11.0 Å². The summed E-state index contributed by atoms with van der Waals surface area (Å²) in [6.45, 7) is 0.832. The maximum Gasteiger partial charge on any atom is 0.332 e. The smallest absolute Gasteiger partial charge is 0.332 e. The summed E-state index contributed by atoms with van der Waals surface area (Å²) in [7, 11) is 2.91. The number of aryl methyl sites for hydroxylation is 1. The number of nitrogens with zero attached hydrogens (tertiary/aromatic N) is 4. The number of aliphatic hydroxyl groups is 1. The van der Waals surface area contributed by atoms with Crippen molar-refractivity contribution in [2.45, 2.75) is 18.9 Å². The molecule has 1 aliphatic rings. The number of likely N-dealkylation sites (tertiary alicyclic amines) is 1. The molecular formula is C15H18N4O4. The summed E-state index contributed by atoms with van der Waals surface area (Å²) in [5.41, 5.74) is -0.590. The maximum atomic E-state index is 12.5. The average molecular weight is 318 g/mol. The Morgan fingerprint density at radius 2 is 2.00 bits per heavy atom. The minimum Gasteiger partial charge on any atom is -0.391 e. The van der Waals surface area contributed by atoms with Crippen molar-refractivity contribution in [1.82, 2.24) is 19.0 Å². The van der Waals surface area contributed by atoms with Crippen LogP contribution in [0.3, 0.4) is 0 Å². The first-order chi connectivity index (χ1) is 10.9. The number of pyridine rings is 1. The van der Waals surface area contributed by atoms with Crippen LogP contribution >= 0.6 is 0 Å². The average Bonchev–Trinajstić information content (AvgIpc) is 2.57. The first-order valence-electron chi connectivity index (χ1n) is 7.44. The maximum absolute atomic E-state index is 12.5. The van der Waals surface area contributed by atoms with Gasteiger partial charge in [-0.1, -0.05) is 0 Å². The topological polar surface area (TPSA) is 97.4 Å². The Morgan fingerprint density at radius 1 is 1.26 bits per heavy atom. The second-order valence-electron chi connectivity index (χ2n) is 5.82. The van der Waals surface area contributed by atoms with E-state index in [-0.39, 0.29) is 29.2 Å². The molecular weight excluding hydrogens is 300 g/mol. The second kappa shape index (κ2) is 5.62. The van der Waals surface area contributed by atoms with E-state index in [1.807, 2.05) is 0 Å². The zero-order chi connectivity index (χ0) is 16.7. The summed E-state index contributed by atoms with van der Waals surface area (Å²) in [6, 6.07) is 3.00. The molecule has 3 rings (SSSR count). The second-order valence-corrected chi connectivity index (χ2v) is 5.82. The number of rotatable bonds is 1. The summed E-state index contributed by atoms with van der Waals surface area (Å²) in [5, 5.41) is 9.97. The van der Waals surface area contributed by atoms with Crippen molar-refractivity contribution in [1.29, 1.82) is 0 Å². The van der Waals surface area contributed by atoms with E-state index in [0.29, 0.717) is 13.0 Å². The van der Waals surface area contributed by atoms with Crippen molar-refractivity contribution >= 4 is 16.9 Å². The minimum atomic E-state index is -0.523. The monoisotopic (exact) mass is 318 g/mol. The molecule has 2 aromatic rings.